The highest BCUT2D eigenvalue weighted by Crippen LogP contribution is 2.51. The molecule has 0 radical (unpaired) electrons. The molecule has 2 aliphatic rings. The van der Waals surface area contributed by atoms with Crippen LogP contribution in [0.25, 0.3) is 0 Å². The molecule has 4 heteroatoms. The standard InChI is InChI=1S/C17H29N3O/c1-14(2)12-20-15(18-13-19-20)11-17(21)9-7-16(8-10-17)5-3-4-6-16/h13-14,21H,3-12H2,1-2H3. The topological polar surface area (TPSA) is 50.9 Å². The summed E-state index contributed by atoms with van der Waals surface area (Å²) < 4.78 is 1.97. The molecule has 1 aromatic rings. The molecular formula is C17H29N3O. The van der Waals surface area contributed by atoms with Crippen molar-refractivity contribution in [3.05, 3.63) is 12.2 Å². The third kappa shape index (κ3) is 3.31. The monoisotopic (exact) mass is 291 g/mol. The summed E-state index contributed by atoms with van der Waals surface area (Å²) in [6.45, 7) is 5.25. The molecule has 0 aromatic carbocycles. The summed E-state index contributed by atoms with van der Waals surface area (Å²) in [7, 11) is 0. The van der Waals surface area contributed by atoms with Crippen LogP contribution >= 0.6 is 0 Å². The average Bonchev–Trinajstić information content (AvgIpc) is 3.05. The van der Waals surface area contributed by atoms with Crippen molar-refractivity contribution in [2.75, 3.05) is 0 Å². The second kappa shape index (κ2) is 5.71. The molecule has 118 valence electrons. The Morgan fingerprint density at radius 3 is 2.43 bits per heavy atom. The van der Waals surface area contributed by atoms with E-state index in [9.17, 15) is 5.11 Å². The van der Waals surface area contributed by atoms with E-state index >= 15 is 0 Å². The highest BCUT2D eigenvalue weighted by molar-refractivity contribution is 5.01. The van der Waals surface area contributed by atoms with Gasteiger partial charge >= 0.3 is 0 Å². The van der Waals surface area contributed by atoms with E-state index in [4.69, 9.17) is 0 Å². The van der Waals surface area contributed by atoms with Crippen molar-refractivity contribution in [2.45, 2.75) is 83.8 Å². The predicted molar refractivity (Wildman–Crippen MR) is 82.9 cm³/mol. The van der Waals surface area contributed by atoms with Gasteiger partial charge in [0, 0.05) is 13.0 Å². The van der Waals surface area contributed by atoms with Crippen molar-refractivity contribution in [1.82, 2.24) is 14.8 Å². The molecule has 0 saturated heterocycles. The Kier molecular flexibility index (Phi) is 4.08. The maximum Gasteiger partial charge on any atom is 0.138 e. The first kappa shape index (κ1) is 15.0. The Hall–Kier alpha value is -0.900. The lowest BCUT2D eigenvalue weighted by Crippen LogP contribution is -2.40. The Labute approximate surface area is 128 Å². The summed E-state index contributed by atoms with van der Waals surface area (Å²) in [6.07, 6.45) is 12.1. The molecule has 21 heavy (non-hydrogen) atoms. The molecule has 1 heterocycles. The van der Waals surface area contributed by atoms with Gasteiger partial charge in [0.2, 0.25) is 0 Å². The minimum Gasteiger partial charge on any atom is -0.389 e. The Balaban J connectivity index is 1.64. The van der Waals surface area contributed by atoms with Gasteiger partial charge in [0.05, 0.1) is 5.60 Å². The van der Waals surface area contributed by atoms with E-state index < -0.39 is 5.60 Å². The number of rotatable bonds is 4. The maximum absolute atomic E-state index is 11.0. The van der Waals surface area contributed by atoms with Gasteiger partial charge in [-0.15, -0.1) is 0 Å². The van der Waals surface area contributed by atoms with Crippen LogP contribution in [0.3, 0.4) is 0 Å². The quantitative estimate of drug-likeness (QED) is 0.925. The molecule has 0 unspecified atom stereocenters. The highest BCUT2D eigenvalue weighted by atomic mass is 16.3. The summed E-state index contributed by atoms with van der Waals surface area (Å²) in [5.41, 5.74) is 0.00738. The molecule has 3 rings (SSSR count). The van der Waals surface area contributed by atoms with Gasteiger partial charge in [-0.1, -0.05) is 26.7 Å². The molecule has 2 fully saturated rings. The van der Waals surface area contributed by atoms with Crippen LogP contribution in [0.4, 0.5) is 0 Å². The van der Waals surface area contributed by atoms with Crippen LogP contribution in [0.2, 0.25) is 0 Å². The minimum absolute atomic E-state index is 0.549. The van der Waals surface area contributed by atoms with Crippen molar-refractivity contribution in [3.8, 4) is 0 Å². The molecule has 0 bridgehead atoms. The lowest BCUT2D eigenvalue weighted by Gasteiger charge is -2.42. The normalized spacial score (nSPS) is 24.0. The summed E-state index contributed by atoms with van der Waals surface area (Å²) in [5, 5.41) is 15.3. The molecule has 2 aliphatic carbocycles. The summed E-state index contributed by atoms with van der Waals surface area (Å²) in [6, 6.07) is 0. The van der Waals surface area contributed by atoms with E-state index in [1.807, 2.05) is 4.68 Å². The van der Waals surface area contributed by atoms with Crippen molar-refractivity contribution in [3.63, 3.8) is 0 Å². The van der Waals surface area contributed by atoms with Gasteiger partial charge in [-0.05, 0) is 49.9 Å². The van der Waals surface area contributed by atoms with E-state index in [0.717, 1.165) is 25.2 Å². The lowest BCUT2D eigenvalue weighted by atomic mass is 9.67. The van der Waals surface area contributed by atoms with Crippen molar-refractivity contribution < 1.29 is 5.11 Å². The van der Waals surface area contributed by atoms with Gasteiger partial charge in [-0.3, -0.25) is 0 Å². The number of aliphatic hydroxyl groups is 1. The number of aromatic nitrogens is 3. The van der Waals surface area contributed by atoms with E-state index in [-0.39, 0.29) is 0 Å². The minimum atomic E-state index is -0.560. The maximum atomic E-state index is 11.0. The molecule has 0 atom stereocenters. The Morgan fingerprint density at radius 1 is 1.14 bits per heavy atom. The lowest BCUT2D eigenvalue weighted by molar-refractivity contribution is -0.0342. The molecule has 4 nitrogen and oxygen atoms in total. The third-order valence-electron chi connectivity index (χ3n) is 5.63. The number of nitrogens with zero attached hydrogens (tertiary/aromatic N) is 3. The number of hydrogen-bond donors (Lipinski definition) is 1. The largest absolute Gasteiger partial charge is 0.389 e. The SMILES string of the molecule is CC(C)Cn1ncnc1CC1(O)CCC2(CCCC2)CC1. The predicted octanol–water partition coefficient (Wildman–Crippen LogP) is 3.34. The zero-order valence-corrected chi connectivity index (χ0v) is 13.5. The fraction of sp³-hybridized carbons (Fsp3) is 0.882. The van der Waals surface area contributed by atoms with E-state index in [1.165, 1.54) is 38.5 Å². The Bertz CT molecular complexity index is 464. The zero-order valence-electron chi connectivity index (χ0n) is 13.5. The first-order valence-electron chi connectivity index (χ1n) is 8.59. The summed E-state index contributed by atoms with van der Waals surface area (Å²) >= 11 is 0. The van der Waals surface area contributed by atoms with Crippen molar-refractivity contribution in [1.29, 1.82) is 0 Å². The first-order valence-corrected chi connectivity index (χ1v) is 8.59. The fourth-order valence-corrected chi connectivity index (χ4v) is 4.27. The van der Waals surface area contributed by atoms with Gasteiger partial charge in [0.25, 0.3) is 0 Å². The van der Waals surface area contributed by atoms with Crippen LogP contribution in [-0.2, 0) is 13.0 Å². The molecule has 0 amide bonds. The van der Waals surface area contributed by atoms with Gasteiger partial charge in [0.1, 0.15) is 12.2 Å². The second-order valence-electron chi connectivity index (χ2n) is 7.86. The van der Waals surface area contributed by atoms with Gasteiger partial charge in [0.15, 0.2) is 0 Å². The first-order chi connectivity index (χ1) is 10.0. The molecule has 1 N–H and O–H groups in total. The van der Waals surface area contributed by atoms with Crippen LogP contribution in [0.15, 0.2) is 6.33 Å². The Morgan fingerprint density at radius 2 is 1.81 bits per heavy atom. The van der Waals surface area contributed by atoms with Crippen LogP contribution < -0.4 is 0 Å². The molecule has 2 saturated carbocycles. The van der Waals surface area contributed by atoms with E-state index in [1.54, 1.807) is 6.33 Å². The summed E-state index contributed by atoms with van der Waals surface area (Å²) in [5.74, 6) is 1.50. The van der Waals surface area contributed by atoms with E-state index in [0.29, 0.717) is 17.8 Å². The van der Waals surface area contributed by atoms with Gasteiger partial charge in [-0.2, -0.15) is 5.10 Å². The smallest absolute Gasteiger partial charge is 0.138 e. The van der Waals surface area contributed by atoms with Crippen LogP contribution in [0.1, 0.15) is 71.0 Å². The number of hydrogen-bond acceptors (Lipinski definition) is 3. The average molecular weight is 291 g/mol. The molecule has 1 aromatic heterocycles. The van der Waals surface area contributed by atoms with Gasteiger partial charge in [-0.25, -0.2) is 9.67 Å². The van der Waals surface area contributed by atoms with Gasteiger partial charge < -0.3 is 5.11 Å². The fourth-order valence-electron chi connectivity index (χ4n) is 4.27. The van der Waals surface area contributed by atoms with E-state index in [2.05, 4.69) is 23.9 Å². The zero-order chi connectivity index (χ0) is 14.9. The second-order valence-corrected chi connectivity index (χ2v) is 7.86. The van der Waals surface area contributed by atoms with Crippen molar-refractivity contribution >= 4 is 0 Å². The third-order valence-corrected chi connectivity index (χ3v) is 5.63. The molecular weight excluding hydrogens is 262 g/mol. The molecule has 1 spiro atoms. The van der Waals surface area contributed by atoms with Crippen LogP contribution in [0, 0.1) is 11.3 Å². The van der Waals surface area contributed by atoms with Crippen molar-refractivity contribution in [2.24, 2.45) is 11.3 Å². The highest BCUT2D eigenvalue weighted by Gasteiger charge is 2.43. The van der Waals surface area contributed by atoms with Crippen LogP contribution in [0.5, 0.6) is 0 Å². The van der Waals surface area contributed by atoms with Crippen LogP contribution in [-0.4, -0.2) is 25.5 Å². The molecule has 0 aliphatic heterocycles. The summed E-state index contributed by atoms with van der Waals surface area (Å²) in [4.78, 5) is 4.39.